The van der Waals surface area contributed by atoms with E-state index in [9.17, 15) is 9.60 Å². The average molecular weight is 1640 g/mol. The van der Waals surface area contributed by atoms with Gasteiger partial charge in [-0.25, -0.2) is 0 Å². The molecule has 27 rings (SSSR count). The van der Waals surface area contributed by atoms with Gasteiger partial charge >= 0.3 is 0 Å². The van der Waals surface area contributed by atoms with Crippen molar-refractivity contribution in [3.8, 4) is 106 Å². The number of hydrogen-bond acceptors (Lipinski definition) is 6. The summed E-state index contributed by atoms with van der Waals surface area (Å²) >= 11 is 0. The Morgan fingerprint density at radius 1 is 0.227 bits per heavy atom. The number of para-hydroxylation sites is 5. The Kier molecular flexibility index (Phi) is 14.3. The van der Waals surface area contributed by atoms with Crippen LogP contribution in [-0.4, -0.2) is 11.3 Å². The normalized spacial score (nSPS) is 13.2. The Hall–Kier alpha value is -16.9. The summed E-state index contributed by atoms with van der Waals surface area (Å²) in [6.45, 7) is -0.688. The van der Waals surface area contributed by atoms with Crippen LogP contribution in [0, 0.1) is 0 Å². The number of nitrogens with zero attached hydrogens (tertiary/aromatic N) is 3. The van der Waals surface area contributed by atoms with Crippen LogP contribution in [0.3, 0.4) is 0 Å². The summed E-state index contributed by atoms with van der Waals surface area (Å²) in [5, 5.41) is 7.53. The highest BCUT2D eigenvalue weighted by molar-refractivity contribution is 7.00. The van der Waals surface area contributed by atoms with Crippen molar-refractivity contribution in [1.82, 2.24) is 4.57 Å². The minimum absolute atomic E-state index is 0.0524. The maximum absolute atomic E-state index is 10.6. The third kappa shape index (κ3) is 11.0. The minimum atomic E-state index is -0.688. The van der Waals surface area contributed by atoms with Gasteiger partial charge in [0.05, 0.1) is 42.8 Å². The highest BCUT2D eigenvalue weighted by Gasteiger charge is 2.47. The van der Waals surface area contributed by atoms with E-state index in [-0.39, 0.29) is 57.6 Å². The van der Waals surface area contributed by atoms with Gasteiger partial charge in [0.15, 0.2) is 0 Å². The zero-order valence-electron chi connectivity index (χ0n) is 75.6. The van der Waals surface area contributed by atoms with E-state index in [0.29, 0.717) is 44.9 Å². The monoisotopic (exact) mass is 1640 g/mol. The second kappa shape index (κ2) is 28.3. The lowest BCUT2D eigenvalue weighted by Crippen LogP contribution is -2.61. The zero-order chi connectivity index (χ0) is 89.9. The summed E-state index contributed by atoms with van der Waals surface area (Å²) < 4.78 is 101. The van der Waals surface area contributed by atoms with Crippen LogP contribution in [-0.2, 0) is 0 Å². The van der Waals surface area contributed by atoms with Crippen molar-refractivity contribution in [2.24, 2.45) is 0 Å². The Labute approximate surface area is 746 Å². The summed E-state index contributed by atoms with van der Waals surface area (Å²) in [5.41, 5.74) is 29.5. The molecule has 0 bridgehead atoms. The van der Waals surface area contributed by atoms with Gasteiger partial charge in [-0.2, -0.15) is 0 Å². The van der Waals surface area contributed by atoms with E-state index in [4.69, 9.17) is 17.7 Å². The lowest BCUT2D eigenvalue weighted by Gasteiger charge is -2.45. The molecule has 8 heteroatoms. The largest absolute Gasteiger partial charge is 0.456 e. The van der Waals surface area contributed by atoms with Gasteiger partial charge < -0.3 is 32.0 Å². The van der Waals surface area contributed by atoms with E-state index in [0.717, 1.165) is 194 Å². The molecule has 128 heavy (non-hydrogen) atoms. The molecule has 0 amide bonds. The summed E-state index contributed by atoms with van der Waals surface area (Å²) in [4.78, 5) is 4.98. The zero-order valence-corrected chi connectivity index (χ0v) is 68.6. The van der Waals surface area contributed by atoms with E-state index >= 15 is 0 Å². The fourth-order valence-corrected chi connectivity index (χ4v) is 20.7. The first-order chi connectivity index (χ1) is 66.4. The van der Waals surface area contributed by atoms with Crippen LogP contribution in [0.15, 0.2) is 454 Å². The van der Waals surface area contributed by atoms with Crippen LogP contribution in [0.1, 0.15) is 9.60 Å². The van der Waals surface area contributed by atoms with Gasteiger partial charge in [0.2, 0.25) is 0 Å². The SMILES string of the molecule is [2H]c1c([2H])c([2H])c2c(c1[2H])c1c([2H])c(-c3ccccc3)c([2H])c([2H])c1n2-c1ccc2c(c1)N(c1c(-c3ccc(-c4ccccc4)cc3)cc(-c3ccccc3)c3oc4ccccc4c13)c1cc(-c3ccc4c(c3)oc3ccccc34)cc3c1B2c1cc(-c2cccc4oc5ccccc5c24)ccc1N3c1c(-c2ccc(-c3ccccc3)cc2)cc(-c2ccccc2)c2oc3ccccc3c12. The average Bonchev–Trinajstić information content (AvgIpc) is 1.67. The first-order valence-corrected chi connectivity index (χ1v) is 43.3. The lowest BCUT2D eigenvalue weighted by molar-refractivity contribution is 0.668. The molecule has 0 N–H and O–H groups in total. The van der Waals surface area contributed by atoms with E-state index in [1.807, 2.05) is 103 Å². The topological polar surface area (TPSA) is 64.0 Å². The van der Waals surface area contributed by atoms with Gasteiger partial charge in [-0.3, -0.25) is 0 Å². The van der Waals surface area contributed by atoms with E-state index in [1.54, 1.807) is 4.57 Å². The molecule has 5 aromatic heterocycles. The molecule has 0 radical (unpaired) electrons. The highest BCUT2D eigenvalue weighted by atomic mass is 16.3. The Morgan fingerprint density at radius 3 is 1.25 bits per heavy atom. The Morgan fingerprint density at radius 2 is 0.664 bits per heavy atom. The molecule has 0 saturated heterocycles. The molecule has 0 spiro atoms. The van der Waals surface area contributed by atoms with E-state index < -0.39 is 18.8 Å². The minimum Gasteiger partial charge on any atom is -0.456 e. The predicted molar refractivity (Wildman–Crippen MR) is 533 cm³/mol. The maximum Gasteiger partial charge on any atom is 0.252 e. The summed E-state index contributed by atoms with van der Waals surface area (Å²) in [6.07, 6.45) is 0. The van der Waals surface area contributed by atoms with Crippen LogP contribution < -0.4 is 26.2 Å². The molecule has 2 aliphatic heterocycles. The van der Waals surface area contributed by atoms with E-state index in [1.165, 1.54) is 0 Å². The number of aromatic nitrogens is 1. The fourth-order valence-electron chi connectivity index (χ4n) is 20.7. The molecule has 0 atom stereocenters. The van der Waals surface area contributed by atoms with Crippen molar-refractivity contribution in [3.05, 3.63) is 437 Å². The molecule has 2 aliphatic rings. The quantitative estimate of drug-likeness (QED) is 0.114. The second-order valence-corrected chi connectivity index (χ2v) is 33.4. The summed E-state index contributed by atoms with van der Waals surface area (Å²) in [7, 11) is 0. The maximum atomic E-state index is 10.6. The van der Waals surface area contributed by atoms with E-state index in [2.05, 4.69) is 301 Å². The smallest absolute Gasteiger partial charge is 0.252 e. The number of fused-ring (bicyclic) bond motifs is 19. The number of rotatable bonds is 12. The molecule has 7 heterocycles. The molecule has 0 aliphatic carbocycles. The number of benzene rings is 20. The third-order valence-electron chi connectivity index (χ3n) is 26.4. The number of anilines is 6. The van der Waals surface area contributed by atoms with Crippen molar-refractivity contribution in [2.45, 2.75) is 0 Å². The van der Waals surface area contributed by atoms with Gasteiger partial charge in [0.25, 0.3) is 6.71 Å². The van der Waals surface area contributed by atoms with Gasteiger partial charge in [0.1, 0.15) is 44.7 Å². The van der Waals surface area contributed by atoms with Crippen LogP contribution >= 0.6 is 0 Å². The molecule has 0 unspecified atom stereocenters. The van der Waals surface area contributed by atoms with Gasteiger partial charge in [-0.15, -0.1) is 0 Å². The molecule has 7 nitrogen and oxygen atoms in total. The van der Waals surface area contributed by atoms with Crippen LogP contribution in [0.2, 0.25) is 0 Å². The summed E-state index contributed by atoms with van der Waals surface area (Å²) in [5.74, 6) is 0. The first kappa shape index (κ1) is 64.8. The van der Waals surface area contributed by atoms with Gasteiger partial charge in [-0.1, -0.05) is 334 Å². The Balaban J connectivity index is 0.850. The molecule has 0 saturated carbocycles. The standard InChI is InChI=1S/C120H72BN3O4/c1-6-27-73(28-7-1)76-49-53-80(54-50-76)94-71-96(78-33-12-4-13-34-78)119-114(92-40-19-24-46-109(92)127-119)117(94)123-103-64-59-84(87-42-26-48-111-113(87)91-39-18-23-45-108(91)125-111)66-100(103)121-99-62-60-86(122-101-43-21-16-37-88(101)98-65-82(58-63-102(98)122)75-31-10-3-11-32-75)70-104(99)124(106-68-85(67-105(123)116(106)121)83-57-61-90-89-38-17-22-44-107(89)126-112(90)69-83)118-95(81-55-51-77(52-56-81)74-29-8-2-9-30-74)72-97(79-35-14-5-15-36-79)120-115(118)93-41-20-25-47-110(93)128-120/h1-72H/i16D,21D,37D,43D,58D,63D,65D. The molecular formula is C120H72BN3O4. The van der Waals surface area contributed by atoms with Crippen LogP contribution in [0.5, 0.6) is 0 Å². The molecular weight excluding hydrogens is 1560 g/mol. The first-order valence-electron chi connectivity index (χ1n) is 46.8. The molecule has 594 valence electrons. The molecule has 20 aromatic carbocycles. The second-order valence-electron chi connectivity index (χ2n) is 33.4. The molecule has 0 fully saturated rings. The molecule has 25 aromatic rings. The van der Waals surface area contributed by atoms with Crippen LogP contribution in [0.4, 0.5) is 34.1 Å². The van der Waals surface area contributed by atoms with Crippen molar-refractivity contribution >= 4 is 167 Å². The third-order valence-corrected chi connectivity index (χ3v) is 26.4. The number of hydrogen-bond donors (Lipinski definition) is 0. The van der Waals surface area contributed by atoms with Crippen molar-refractivity contribution in [2.75, 3.05) is 9.80 Å². The highest BCUT2D eigenvalue weighted by Crippen LogP contribution is 2.58. The van der Waals surface area contributed by atoms with Crippen molar-refractivity contribution < 1.29 is 27.3 Å². The predicted octanol–water partition coefficient (Wildman–Crippen LogP) is 31.5. The fraction of sp³-hybridized carbons (Fsp3) is 0. The van der Waals surface area contributed by atoms with Crippen molar-refractivity contribution in [3.63, 3.8) is 0 Å². The van der Waals surface area contributed by atoms with Gasteiger partial charge in [-0.05, 0) is 197 Å². The summed E-state index contributed by atoms with van der Waals surface area (Å²) in [6, 6.07) is 135. The van der Waals surface area contributed by atoms with Gasteiger partial charge in [0, 0.05) is 93.8 Å². The Bertz CT molecular complexity index is 9340. The number of furan rings is 4. The van der Waals surface area contributed by atoms with Crippen LogP contribution in [0.25, 0.3) is 215 Å². The lowest BCUT2D eigenvalue weighted by atomic mass is 9.33. The van der Waals surface area contributed by atoms with Crippen molar-refractivity contribution in [1.29, 1.82) is 0 Å².